The van der Waals surface area contributed by atoms with Crippen molar-refractivity contribution in [3.8, 4) is 22.6 Å². The molecule has 0 aliphatic heterocycles. The van der Waals surface area contributed by atoms with Gasteiger partial charge < -0.3 is 10.4 Å². The summed E-state index contributed by atoms with van der Waals surface area (Å²) in [5, 5.41) is 13.5. The third-order valence-corrected chi connectivity index (χ3v) is 11.7. The van der Waals surface area contributed by atoms with Gasteiger partial charge in [0.1, 0.15) is 11.5 Å². The van der Waals surface area contributed by atoms with Gasteiger partial charge in [0.25, 0.3) is 10.0 Å². The molecule has 3 aliphatic carbocycles. The number of nitrogens with one attached hydrogen (secondary N) is 1. The van der Waals surface area contributed by atoms with Crippen LogP contribution in [0.15, 0.2) is 71.9 Å². The Morgan fingerprint density at radius 3 is 2.24 bits per heavy atom. The van der Waals surface area contributed by atoms with Crippen molar-refractivity contribution in [2.75, 3.05) is 5.32 Å². The lowest BCUT2D eigenvalue weighted by Gasteiger charge is -2.47. The predicted molar refractivity (Wildman–Crippen MR) is 183 cm³/mol. The number of carboxylic acid groups (broad SMARTS) is 1. The largest absolute Gasteiger partial charge is 0.481 e. The fourth-order valence-corrected chi connectivity index (χ4v) is 8.72. The van der Waals surface area contributed by atoms with Gasteiger partial charge in [-0.05, 0) is 73.6 Å². The zero-order valence-electron chi connectivity index (χ0n) is 27.6. The second kappa shape index (κ2) is 12.0. The number of nitrogens with zero attached hydrogens (tertiary/aromatic N) is 4. The molecule has 49 heavy (non-hydrogen) atoms. The number of aryl methyl sites for hydroxylation is 1. The maximum Gasteiger partial charge on any atom is 0.308 e. The quantitative estimate of drug-likeness (QED) is 0.180. The first-order chi connectivity index (χ1) is 23.2. The first-order valence-corrected chi connectivity index (χ1v) is 17.8. The summed E-state index contributed by atoms with van der Waals surface area (Å²) in [6.07, 6.45) is 5.45. The van der Waals surface area contributed by atoms with Crippen molar-refractivity contribution in [3.63, 3.8) is 0 Å². The number of halogens is 2. The van der Waals surface area contributed by atoms with Crippen LogP contribution in [0.2, 0.25) is 0 Å². The molecule has 3 fully saturated rings. The summed E-state index contributed by atoms with van der Waals surface area (Å²) in [7, 11) is -4.21. The van der Waals surface area contributed by atoms with Crippen LogP contribution in [-0.2, 0) is 20.2 Å². The van der Waals surface area contributed by atoms with E-state index in [4.69, 9.17) is 0 Å². The molecule has 3 aromatic heterocycles. The molecule has 2 unspecified atom stereocenters. The van der Waals surface area contributed by atoms with E-state index >= 15 is 4.39 Å². The van der Waals surface area contributed by atoms with E-state index in [9.17, 15) is 22.7 Å². The van der Waals surface area contributed by atoms with E-state index in [1.807, 2.05) is 19.1 Å². The van der Waals surface area contributed by atoms with Gasteiger partial charge in [0, 0.05) is 28.8 Å². The molecule has 3 saturated carbocycles. The van der Waals surface area contributed by atoms with E-state index in [0.29, 0.717) is 5.56 Å². The molecule has 2 N–H and O–H groups in total. The Balaban J connectivity index is 1.43. The molecule has 2 atom stereocenters. The Kier molecular flexibility index (Phi) is 8.04. The molecule has 3 heterocycles. The number of benzene rings is 2. The van der Waals surface area contributed by atoms with Crippen LogP contribution in [0, 0.1) is 36.3 Å². The first-order valence-electron chi connectivity index (χ1n) is 16.4. The molecule has 5 aromatic rings. The number of rotatable bonds is 7. The molecule has 2 aromatic carbocycles. The Morgan fingerprint density at radius 2 is 1.61 bits per heavy atom. The standard InChI is InChI=1S/C37H37F2N5O4S/c1-20-5-15-26(16-6-20)49(47,48)44-19-28(27-17-25(38)18-40-35(27)44)33-42-32(23-11-13-24(14-12-23)37(2,3)4)30(39)34(43-33)41-31-22-9-7-21(8-10-22)29(31)36(45)46/h5-6,11-19,21-22,29,31H,7-10H2,1-4H3,(H,45,46)(H,41,42,43). The lowest BCUT2D eigenvalue weighted by Crippen LogP contribution is -2.51. The van der Waals surface area contributed by atoms with E-state index in [1.54, 1.807) is 24.3 Å². The third kappa shape index (κ3) is 5.85. The number of carboxylic acids is 1. The van der Waals surface area contributed by atoms with E-state index in [0.717, 1.165) is 53.0 Å². The van der Waals surface area contributed by atoms with Gasteiger partial charge in [-0.1, -0.05) is 62.7 Å². The number of aliphatic carboxylic acids is 1. The summed E-state index contributed by atoms with van der Waals surface area (Å²) in [6, 6.07) is 14.2. The lowest BCUT2D eigenvalue weighted by molar-refractivity contribution is -0.148. The molecule has 0 amide bonds. The van der Waals surface area contributed by atoms with Crippen LogP contribution in [-0.4, -0.2) is 44.5 Å². The van der Waals surface area contributed by atoms with Gasteiger partial charge in [-0.25, -0.2) is 36.1 Å². The summed E-state index contributed by atoms with van der Waals surface area (Å²) >= 11 is 0. The van der Waals surface area contributed by atoms with Gasteiger partial charge in [0.2, 0.25) is 0 Å². The number of aromatic nitrogens is 4. The van der Waals surface area contributed by atoms with E-state index < -0.39 is 39.6 Å². The highest BCUT2D eigenvalue weighted by Crippen LogP contribution is 2.47. The maximum absolute atomic E-state index is 16.6. The fourth-order valence-electron chi connectivity index (χ4n) is 7.39. The summed E-state index contributed by atoms with van der Waals surface area (Å²) in [5.41, 5.74) is 2.19. The van der Waals surface area contributed by atoms with Crippen molar-refractivity contribution in [1.82, 2.24) is 18.9 Å². The summed E-state index contributed by atoms with van der Waals surface area (Å²) in [4.78, 5) is 25.8. The van der Waals surface area contributed by atoms with Gasteiger partial charge >= 0.3 is 5.97 Å². The molecule has 8 rings (SSSR count). The minimum Gasteiger partial charge on any atom is -0.481 e. The molecule has 0 radical (unpaired) electrons. The number of hydrogen-bond acceptors (Lipinski definition) is 7. The number of pyridine rings is 1. The normalized spacial score (nSPS) is 20.9. The zero-order valence-corrected chi connectivity index (χ0v) is 28.4. The van der Waals surface area contributed by atoms with Crippen LogP contribution in [0.4, 0.5) is 14.6 Å². The van der Waals surface area contributed by atoms with Crippen LogP contribution >= 0.6 is 0 Å². The first kappa shape index (κ1) is 32.8. The molecule has 254 valence electrons. The van der Waals surface area contributed by atoms with Crippen LogP contribution < -0.4 is 5.32 Å². The monoisotopic (exact) mass is 685 g/mol. The highest BCUT2D eigenvalue weighted by atomic mass is 32.2. The van der Waals surface area contributed by atoms with Gasteiger partial charge in [0.05, 0.1) is 17.0 Å². The maximum atomic E-state index is 16.6. The number of fused-ring (bicyclic) bond motifs is 4. The topological polar surface area (TPSA) is 127 Å². The molecule has 3 aliphatic rings. The SMILES string of the molecule is Cc1ccc(S(=O)(=O)n2cc(-c3nc(NC4C5CCC(CC5)C4C(=O)O)c(F)c(-c4ccc(C(C)(C)C)cc4)n3)c3cc(F)cnc32)cc1. The molecule has 0 saturated heterocycles. The van der Waals surface area contributed by atoms with Crippen molar-refractivity contribution in [1.29, 1.82) is 0 Å². The number of hydrogen-bond donors (Lipinski definition) is 2. The molecular weight excluding hydrogens is 649 g/mol. The second-order valence-corrected chi connectivity index (χ2v) is 16.1. The number of anilines is 1. The Bertz CT molecular complexity index is 2190. The molecular formula is C37H37F2N5O4S. The van der Waals surface area contributed by atoms with E-state index in [1.165, 1.54) is 18.3 Å². The van der Waals surface area contributed by atoms with Crippen molar-refractivity contribution < 1.29 is 27.1 Å². The molecule has 12 heteroatoms. The van der Waals surface area contributed by atoms with Crippen molar-refractivity contribution >= 4 is 32.8 Å². The zero-order chi connectivity index (χ0) is 34.8. The van der Waals surface area contributed by atoms with Gasteiger partial charge in [0.15, 0.2) is 23.1 Å². The smallest absolute Gasteiger partial charge is 0.308 e. The lowest BCUT2D eigenvalue weighted by atomic mass is 9.61. The molecule has 0 spiro atoms. The average Bonchev–Trinajstić information content (AvgIpc) is 3.45. The molecule has 2 bridgehead atoms. The highest BCUT2D eigenvalue weighted by Gasteiger charge is 2.47. The van der Waals surface area contributed by atoms with Crippen LogP contribution in [0.3, 0.4) is 0 Å². The van der Waals surface area contributed by atoms with Crippen molar-refractivity contribution in [2.24, 2.45) is 17.8 Å². The van der Waals surface area contributed by atoms with Crippen LogP contribution in [0.25, 0.3) is 33.7 Å². The van der Waals surface area contributed by atoms with Crippen LogP contribution in [0.5, 0.6) is 0 Å². The minimum absolute atomic E-state index is 0.00162. The summed E-state index contributed by atoms with van der Waals surface area (Å²) in [5.74, 6) is -3.42. The molecule has 9 nitrogen and oxygen atoms in total. The highest BCUT2D eigenvalue weighted by molar-refractivity contribution is 7.90. The van der Waals surface area contributed by atoms with Crippen molar-refractivity contribution in [2.45, 2.75) is 69.7 Å². The third-order valence-electron chi connectivity index (χ3n) is 10.1. The van der Waals surface area contributed by atoms with Crippen LogP contribution in [0.1, 0.15) is 57.6 Å². The van der Waals surface area contributed by atoms with Crippen molar-refractivity contribution in [3.05, 3.63) is 89.8 Å². The van der Waals surface area contributed by atoms with Gasteiger partial charge in [-0.3, -0.25) is 4.79 Å². The minimum atomic E-state index is -4.21. The second-order valence-electron chi connectivity index (χ2n) is 14.3. The Morgan fingerprint density at radius 1 is 0.959 bits per heavy atom. The predicted octanol–water partition coefficient (Wildman–Crippen LogP) is 7.58. The average molecular weight is 686 g/mol. The number of carbonyl (C=O) groups is 1. The Labute approximate surface area is 283 Å². The van der Waals surface area contributed by atoms with Gasteiger partial charge in [-0.2, -0.15) is 0 Å². The van der Waals surface area contributed by atoms with E-state index in [-0.39, 0.29) is 56.1 Å². The summed E-state index contributed by atoms with van der Waals surface area (Å²) in [6.45, 7) is 8.04. The Hall–Kier alpha value is -4.71. The summed E-state index contributed by atoms with van der Waals surface area (Å²) < 4.78 is 60.2. The van der Waals surface area contributed by atoms with Gasteiger partial charge in [-0.15, -0.1) is 0 Å². The van der Waals surface area contributed by atoms with E-state index in [2.05, 4.69) is 41.0 Å². The fraction of sp³-hybridized carbons (Fsp3) is 0.351.